The van der Waals surface area contributed by atoms with Crippen LogP contribution in [0.5, 0.6) is 0 Å². The summed E-state index contributed by atoms with van der Waals surface area (Å²) in [5.41, 5.74) is 0.954. The van der Waals surface area contributed by atoms with Crippen molar-refractivity contribution in [1.29, 1.82) is 0 Å². The molecule has 2 atom stereocenters. The first kappa shape index (κ1) is 14.7. The van der Waals surface area contributed by atoms with E-state index in [9.17, 15) is 15.2 Å². The van der Waals surface area contributed by atoms with E-state index in [2.05, 4.69) is 0 Å². The summed E-state index contributed by atoms with van der Waals surface area (Å²) < 4.78 is 5.34. The maximum atomic E-state index is 11.2. The van der Waals surface area contributed by atoms with Crippen LogP contribution in [0.3, 0.4) is 0 Å². The fourth-order valence-corrected chi connectivity index (χ4v) is 2.26. The predicted molar refractivity (Wildman–Crippen MR) is 72.8 cm³/mol. The van der Waals surface area contributed by atoms with Crippen molar-refractivity contribution in [2.24, 2.45) is 0 Å². The van der Waals surface area contributed by atoms with Gasteiger partial charge in [-0.25, -0.2) is 0 Å². The zero-order valence-corrected chi connectivity index (χ0v) is 11.2. The Morgan fingerprint density at radius 2 is 2.35 bits per heavy atom. The third kappa shape index (κ3) is 3.06. The molecule has 7 heteroatoms. The standard InChI is InChI=1S/C13H18N2O5/c1-9(17)10-2-3-12(13(6-10)15(18)19)14-4-5-20-11(7-14)8-16/h2-3,6,9,11,16-17H,4-5,7-8H2,1H3. The quantitative estimate of drug-likeness (QED) is 0.627. The molecule has 2 rings (SSSR count). The van der Waals surface area contributed by atoms with Gasteiger partial charge in [0.2, 0.25) is 0 Å². The lowest BCUT2D eigenvalue weighted by atomic mass is 10.1. The van der Waals surface area contributed by atoms with Gasteiger partial charge < -0.3 is 19.8 Å². The van der Waals surface area contributed by atoms with Crippen LogP contribution in [0.2, 0.25) is 0 Å². The Kier molecular flexibility index (Phi) is 4.53. The number of benzene rings is 1. The highest BCUT2D eigenvalue weighted by Crippen LogP contribution is 2.32. The highest BCUT2D eigenvalue weighted by molar-refractivity contribution is 5.64. The smallest absolute Gasteiger partial charge is 0.292 e. The lowest BCUT2D eigenvalue weighted by Gasteiger charge is -2.33. The Morgan fingerprint density at radius 3 is 2.95 bits per heavy atom. The predicted octanol–water partition coefficient (Wildman–Crippen LogP) is 0.846. The van der Waals surface area contributed by atoms with Crippen LogP contribution in [0.15, 0.2) is 18.2 Å². The van der Waals surface area contributed by atoms with Gasteiger partial charge in [-0.1, -0.05) is 6.07 Å². The maximum absolute atomic E-state index is 11.2. The van der Waals surface area contributed by atoms with Gasteiger partial charge in [0.15, 0.2) is 0 Å². The first-order valence-corrected chi connectivity index (χ1v) is 6.46. The number of nitro benzene ring substituents is 1. The van der Waals surface area contributed by atoms with Gasteiger partial charge in [0, 0.05) is 19.2 Å². The number of anilines is 1. The fourth-order valence-electron chi connectivity index (χ4n) is 2.26. The van der Waals surface area contributed by atoms with E-state index in [1.165, 1.54) is 6.07 Å². The van der Waals surface area contributed by atoms with Crippen LogP contribution in [-0.2, 0) is 4.74 Å². The molecule has 110 valence electrons. The van der Waals surface area contributed by atoms with Gasteiger partial charge in [-0.15, -0.1) is 0 Å². The zero-order valence-electron chi connectivity index (χ0n) is 11.2. The van der Waals surface area contributed by atoms with Gasteiger partial charge in [-0.05, 0) is 18.6 Å². The molecular formula is C13H18N2O5. The summed E-state index contributed by atoms with van der Waals surface area (Å²) in [6.45, 7) is 2.81. The highest BCUT2D eigenvalue weighted by atomic mass is 16.6. The molecule has 1 aliphatic heterocycles. The van der Waals surface area contributed by atoms with Gasteiger partial charge in [0.05, 0.1) is 30.3 Å². The van der Waals surface area contributed by atoms with Crippen LogP contribution in [0.25, 0.3) is 0 Å². The number of hydrogen-bond acceptors (Lipinski definition) is 6. The number of ether oxygens (including phenoxy) is 1. The third-order valence-corrected chi connectivity index (χ3v) is 3.36. The van der Waals surface area contributed by atoms with E-state index in [1.54, 1.807) is 19.1 Å². The highest BCUT2D eigenvalue weighted by Gasteiger charge is 2.26. The normalized spacial score (nSPS) is 20.8. The molecule has 0 amide bonds. The van der Waals surface area contributed by atoms with Crippen molar-refractivity contribution in [3.63, 3.8) is 0 Å². The van der Waals surface area contributed by atoms with E-state index in [4.69, 9.17) is 9.84 Å². The lowest BCUT2D eigenvalue weighted by Crippen LogP contribution is -2.44. The second kappa shape index (κ2) is 6.17. The monoisotopic (exact) mass is 282 g/mol. The number of morpholine rings is 1. The second-order valence-corrected chi connectivity index (χ2v) is 4.80. The lowest BCUT2D eigenvalue weighted by molar-refractivity contribution is -0.384. The van der Waals surface area contributed by atoms with Crippen molar-refractivity contribution >= 4 is 11.4 Å². The molecule has 7 nitrogen and oxygen atoms in total. The number of hydrogen-bond donors (Lipinski definition) is 2. The SMILES string of the molecule is CC(O)c1ccc(N2CCOC(CO)C2)c([N+](=O)[O-])c1. The Hall–Kier alpha value is -1.70. The van der Waals surface area contributed by atoms with Crippen molar-refractivity contribution < 1.29 is 19.9 Å². The molecular weight excluding hydrogens is 264 g/mol. The first-order chi connectivity index (χ1) is 9.52. The molecule has 0 bridgehead atoms. The molecule has 2 N–H and O–H groups in total. The topological polar surface area (TPSA) is 96.1 Å². The molecule has 1 aromatic carbocycles. The van der Waals surface area contributed by atoms with Crippen molar-refractivity contribution in [3.8, 4) is 0 Å². The molecule has 1 aromatic rings. The molecule has 0 aliphatic carbocycles. The first-order valence-electron chi connectivity index (χ1n) is 6.46. The number of aliphatic hydroxyl groups is 2. The average Bonchev–Trinajstić information content (AvgIpc) is 2.46. The number of nitrogens with zero attached hydrogens (tertiary/aromatic N) is 2. The molecule has 1 saturated heterocycles. The van der Waals surface area contributed by atoms with Gasteiger partial charge in [0.1, 0.15) is 5.69 Å². The van der Waals surface area contributed by atoms with E-state index in [-0.39, 0.29) is 18.4 Å². The third-order valence-electron chi connectivity index (χ3n) is 3.36. The van der Waals surface area contributed by atoms with Gasteiger partial charge in [-0.3, -0.25) is 10.1 Å². The summed E-state index contributed by atoms with van der Waals surface area (Å²) in [6.07, 6.45) is -1.09. The van der Waals surface area contributed by atoms with E-state index in [0.717, 1.165) is 0 Å². The van der Waals surface area contributed by atoms with E-state index in [1.807, 2.05) is 4.90 Å². The summed E-state index contributed by atoms with van der Waals surface area (Å²) in [5, 5.41) is 29.9. The molecule has 2 unspecified atom stereocenters. The molecule has 0 saturated carbocycles. The zero-order chi connectivity index (χ0) is 14.7. The summed E-state index contributed by atoms with van der Waals surface area (Å²) in [4.78, 5) is 12.6. The van der Waals surface area contributed by atoms with E-state index >= 15 is 0 Å². The maximum Gasteiger partial charge on any atom is 0.292 e. The Labute approximate surface area is 116 Å². The molecule has 1 aliphatic rings. The second-order valence-electron chi connectivity index (χ2n) is 4.80. The average molecular weight is 282 g/mol. The van der Waals surface area contributed by atoms with Crippen molar-refractivity contribution in [2.75, 3.05) is 31.2 Å². The van der Waals surface area contributed by atoms with Crippen molar-refractivity contribution in [2.45, 2.75) is 19.1 Å². The summed E-state index contributed by atoms with van der Waals surface area (Å²) >= 11 is 0. The van der Waals surface area contributed by atoms with E-state index in [0.29, 0.717) is 30.9 Å². The Balaban J connectivity index is 2.32. The minimum Gasteiger partial charge on any atom is -0.394 e. The Bertz CT molecular complexity index is 492. The molecule has 0 spiro atoms. The Morgan fingerprint density at radius 1 is 1.60 bits per heavy atom. The summed E-state index contributed by atoms with van der Waals surface area (Å²) in [6, 6.07) is 4.71. The minimum absolute atomic E-state index is 0.0398. The van der Waals surface area contributed by atoms with E-state index < -0.39 is 11.0 Å². The number of nitro groups is 1. The molecule has 20 heavy (non-hydrogen) atoms. The van der Waals surface area contributed by atoms with Crippen molar-refractivity contribution in [1.82, 2.24) is 0 Å². The molecule has 1 fully saturated rings. The van der Waals surface area contributed by atoms with Crippen molar-refractivity contribution in [3.05, 3.63) is 33.9 Å². The molecule has 1 heterocycles. The van der Waals surface area contributed by atoms with Crippen LogP contribution in [0, 0.1) is 10.1 Å². The summed E-state index contributed by atoms with van der Waals surface area (Å²) in [5.74, 6) is 0. The van der Waals surface area contributed by atoms with Crippen LogP contribution in [0.4, 0.5) is 11.4 Å². The van der Waals surface area contributed by atoms with Crippen LogP contribution in [0.1, 0.15) is 18.6 Å². The van der Waals surface area contributed by atoms with Gasteiger partial charge in [0.25, 0.3) is 5.69 Å². The summed E-state index contributed by atoms with van der Waals surface area (Å²) in [7, 11) is 0. The molecule has 0 radical (unpaired) electrons. The van der Waals surface area contributed by atoms with Crippen LogP contribution < -0.4 is 4.90 Å². The largest absolute Gasteiger partial charge is 0.394 e. The number of rotatable bonds is 4. The molecule has 0 aromatic heterocycles. The fraction of sp³-hybridized carbons (Fsp3) is 0.538. The van der Waals surface area contributed by atoms with Gasteiger partial charge in [-0.2, -0.15) is 0 Å². The van der Waals surface area contributed by atoms with Crippen LogP contribution >= 0.6 is 0 Å². The minimum atomic E-state index is -0.752. The number of aliphatic hydroxyl groups excluding tert-OH is 2. The van der Waals surface area contributed by atoms with Crippen LogP contribution in [-0.4, -0.2) is 47.5 Å². The van der Waals surface area contributed by atoms with Gasteiger partial charge >= 0.3 is 0 Å².